The van der Waals surface area contributed by atoms with Crippen LogP contribution in [0.5, 0.6) is 5.75 Å². The van der Waals surface area contributed by atoms with Gasteiger partial charge < -0.3 is 15.2 Å². The van der Waals surface area contributed by atoms with Crippen molar-refractivity contribution in [2.24, 2.45) is 0 Å². The highest BCUT2D eigenvalue weighted by atomic mass is 35.5. The second-order valence-electron chi connectivity index (χ2n) is 3.74. The maximum atomic E-state index is 9.92. The van der Waals surface area contributed by atoms with Crippen molar-refractivity contribution in [3.8, 4) is 5.75 Å². The van der Waals surface area contributed by atoms with Gasteiger partial charge in [-0.2, -0.15) is 0 Å². The molecule has 1 saturated heterocycles. The number of aromatic hydroxyl groups is 1. The molecule has 3 nitrogen and oxygen atoms in total. The zero-order valence-electron chi connectivity index (χ0n) is 8.59. The summed E-state index contributed by atoms with van der Waals surface area (Å²) in [5.41, 5.74) is 1.62. The highest BCUT2D eigenvalue weighted by Crippen LogP contribution is 2.31. The quantitative estimate of drug-likeness (QED) is 0.771. The zero-order chi connectivity index (χ0) is 10.8. The number of aryl methyl sites for hydroxylation is 1. The molecule has 0 amide bonds. The summed E-state index contributed by atoms with van der Waals surface area (Å²) < 4.78 is 5.35. The Kier molecular flexibility index (Phi) is 3.14. The Morgan fingerprint density at radius 1 is 1.53 bits per heavy atom. The average molecular weight is 228 g/mol. The molecule has 4 heteroatoms. The van der Waals surface area contributed by atoms with Gasteiger partial charge in [0.2, 0.25) is 0 Å². The minimum Gasteiger partial charge on any atom is -0.507 e. The van der Waals surface area contributed by atoms with Crippen molar-refractivity contribution in [1.29, 1.82) is 0 Å². The van der Waals surface area contributed by atoms with E-state index >= 15 is 0 Å². The third-order valence-electron chi connectivity index (χ3n) is 2.59. The molecular weight excluding hydrogens is 214 g/mol. The van der Waals surface area contributed by atoms with E-state index < -0.39 is 0 Å². The first-order valence-electron chi connectivity index (χ1n) is 4.98. The van der Waals surface area contributed by atoms with Crippen LogP contribution in [0.2, 0.25) is 5.02 Å². The molecule has 0 radical (unpaired) electrons. The molecule has 0 bridgehead atoms. The van der Waals surface area contributed by atoms with Crippen LogP contribution in [-0.2, 0) is 4.74 Å². The molecule has 1 aliphatic rings. The molecule has 0 aromatic heterocycles. The predicted octanol–water partition coefficient (Wildman–Crippen LogP) is 2.01. The lowest BCUT2D eigenvalue weighted by atomic mass is 10.0. The van der Waals surface area contributed by atoms with Crippen LogP contribution < -0.4 is 5.32 Å². The van der Waals surface area contributed by atoms with Gasteiger partial charge in [-0.15, -0.1) is 0 Å². The lowest BCUT2D eigenvalue weighted by Gasteiger charge is -2.25. The van der Waals surface area contributed by atoms with Gasteiger partial charge in [-0.3, -0.25) is 0 Å². The molecule has 0 aliphatic carbocycles. The van der Waals surface area contributed by atoms with E-state index in [2.05, 4.69) is 5.32 Å². The maximum absolute atomic E-state index is 9.92. The first-order valence-corrected chi connectivity index (χ1v) is 5.36. The molecule has 1 atom stereocenters. The molecule has 2 rings (SSSR count). The van der Waals surface area contributed by atoms with Crippen molar-refractivity contribution in [2.75, 3.05) is 19.8 Å². The lowest BCUT2D eigenvalue weighted by Crippen LogP contribution is -2.34. The Hall–Kier alpha value is -0.770. The Bertz CT molecular complexity index is 362. The number of phenols is 1. The number of morpholine rings is 1. The third kappa shape index (κ3) is 2.25. The van der Waals surface area contributed by atoms with E-state index in [1.807, 2.05) is 6.92 Å². The summed E-state index contributed by atoms with van der Waals surface area (Å²) in [6.07, 6.45) is 0. The highest BCUT2D eigenvalue weighted by Gasteiger charge is 2.19. The Labute approximate surface area is 94.0 Å². The normalized spacial score (nSPS) is 21.6. The average Bonchev–Trinajstić information content (AvgIpc) is 2.24. The molecule has 0 spiro atoms. The summed E-state index contributed by atoms with van der Waals surface area (Å²) in [6, 6.07) is 3.58. The van der Waals surface area contributed by atoms with Gasteiger partial charge in [-0.25, -0.2) is 0 Å². The number of ether oxygens (including phenoxy) is 1. The molecule has 1 heterocycles. The molecule has 0 saturated carbocycles. The van der Waals surface area contributed by atoms with E-state index in [-0.39, 0.29) is 6.04 Å². The van der Waals surface area contributed by atoms with E-state index in [0.717, 1.165) is 24.3 Å². The molecule has 0 unspecified atom stereocenters. The molecule has 15 heavy (non-hydrogen) atoms. The summed E-state index contributed by atoms with van der Waals surface area (Å²) in [5, 5.41) is 13.9. The highest BCUT2D eigenvalue weighted by molar-refractivity contribution is 6.30. The largest absolute Gasteiger partial charge is 0.507 e. The fourth-order valence-electron chi connectivity index (χ4n) is 1.79. The molecule has 1 aliphatic heterocycles. The van der Waals surface area contributed by atoms with Crippen LogP contribution in [0.1, 0.15) is 17.2 Å². The van der Waals surface area contributed by atoms with Gasteiger partial charge in [-0.05, 0) is 24.6 Å². The number of phenolic OH excluding ortho intramolecular Hbond substituents is 1. The van der Waals surface area contributed by atoms with E-state index in [4.69, 9.17) is 16.3 Å². The number of hydrogen-bond acceptors (Lipinski definition) is 3. The number of hydrogen-bond donors (Lipinski definition) is 2. The van der Waals surface area contributed by atoms with Crippen LogP contribution in [-0.4, -0.2) is 24.9 Å². The molecule has 1 fully saturated rings. The second kappa shape index (κ2) is 4.39. The minimum atomic E-state index is 0.0381. The molecule has 1 aromatic carbocycles. The van der Waals surface area contributed by atoms with Gasteiger partial charge in [0.15, 0.2) is 0 Å². The van der Waals surface area contributed by atoms with Crippen molar-refractivity contribution >= 4 is 11.6 Å². The second-order valence-corrected chi connectivity index (χ2v) is 4.18. The first kappa shape index (κ1) is 10.7. The van der Waals surface area contributed by atoms with Crippen LogP contribution in [0.4, 0.5) is 0 Å². The van der Waals surface area contributed by atoms with Crippen molar-refractivity contribution in [1.82, 2.24) is 5.32 Å². The van der Waals surface area contributed by atoms with Crippen LogP contribution in [0.15, 0.2) is 12.1 Å². The summed E-state index contributed by atoms with van der Waals surface area (Å²) in [7, 11) is 0. The standard InChI is InChI=1S/C11H14ClNO2/c1-7-4-8(12)5-9(11(7)14)10-6-15-3-2-13-10/h4-5,10,13-14H,2-3,6H2,1H3/t10-/m1/s1. The van der Waals surface area contributed by atoms with Crippen molar-refractivity contribution < 1.29 is 9.84 Å². The smallest absolute Gasteiger partial charge is 0.123 e. The maximum Gasteiger partial charge on any atom is 0.123 e. The van der Waals surface area contributed by atoms with E-state index in [0.29, 0.717) is 17.4 Å². The number of nitrogens with one attached hydrogen (secondary N) is 1. The van der Waals surface area contributed by atoms with Gasteiger partial charge >= 0.3 is 0 Å². The van der Waals surface area contributed by atoms with Gasteiger partial charge in [0.05, 0.1) is 19.3 Å². The summed E-state index contributed by atoms with van der Waals surface area (Å²) >= 11 is 5.96. The summed E-state index contributed by atoms with van der Waals surface area (Å²) in [5.74, 6) is 0.308. The molecule has 1 aromatic rings. The lowest BCUT2D eigenvalue weighted by molar-refractivity contribution is 0.0761. The molecule has 82 valence electrons. The SMILES string of the molecule is Cc1cc(Cl)cc([C@H]2COCCN2)c1O. The van der Waals surface area contributed by atoms with Crippen molar-refractivity contribution in [3.63, 3.8) is 0 Å². The Morgan fingerprint density at radius 2 is 2.33 bits per heavy atom. The van der Waals surface area contributed by atoms with Crippen LogP contribution in [0.25, 0.3) is 0 Å². The van der Waals surface area contributed by atoms with E-state index in [1.54, 1.807) is 12.1 Å². The number of rotatable bonds is 1. The van der Waals surface area contributed by atoms with Crippen LogP contribution in [0, 0.1) is 6.92 Å². The topological polar surface area (TPSA) is 41.5 Å². The molecular formula is C11H14ClNO2. The summed E-state index contributed by atoms with van der Waals surface area (Å²) in [6.45, 7) is 3.94. The fourth-order valence-corrected chi connectivity index (χ4v) is 2.07. The molecule has 2 N–H and O–H groups in total. The Balaban J connectivity index is 2.33. The van der Waals surface area contributed by atoms with Gasteiger partial charge in [0.1, 0.15) is 5.75 Å². The van der Waals surface area contributed by atoms with E-state index in [1.165, 1.54) is 0 Å². The number of benzene rings is 1. The number of halogens is 1. The van der Waals surface area contributed by atoms with E-state index in [9.17, 15) is 5.11 Å². The minimum absolute atomic E-state index is 0.0381. The Morgan fingerprint density at radius 3 is 3.00 bits per heavy atom. The van der Waals surface area contributed by atoms with Crippen molar-refractivity contribution in [2.45, 2.75) is 13.0 Å². The van der Waals surface area contributed by atoms with Crippen LogP contribution >= 0.6 is 11.6 Å². The monoisotopic (exact) mass is 227 g/mol. The summed E-state index contributed by atoms with van der Waals surface area (Å²) in [4.78, 5) is 0. The zero-order valence-corrected chi connectivity index (χ0v) is 9.34. The van der Waals surface area contributed by atoms with Gasteiger partial charge in [0, 0.05) is 17.1 Å². The predicted molar refractivity (Wildman–Crippen MR) is 59.4 cm³/mol. The fraction of sp³-hybridized carbons (Fsp3) is 0.455. The van der Waals surface area contributed by atoms with Crippen LogP contribution in [0.3, 0.4) is 0 Å². The van der Waals surface area contributed by atoms with Crippen molar-refractivity contribution in [3.05, 3.63) is 28.3 Å². The van der Waals surface area contributed by atoms with Gasteiger partial charge in [0.25, 0.3) is 0 Å². The first-order chi connectivity index (χ1) is 7.18. The van der Waals surface area contributed by atoms with Gasteiger partial charge in [-0.1, -0.05) is 11.6 Å². The third-order valence-corrected chi connectivity index (χ3v) is 2.81.